The van der Waals surface area contributed by atoms with Crippen LogP contribution >= 0.6 is 24.8 Å². The van der Waals surface area contributed by atoms with Crippen LogP contribution in [-0.2, 0) is 24.7 Å². The Bertz CT molecular complexity index is 25.2. The number of hydrogen-bond acceptors (Lipinski definition) is 0. The van der Waals surface area contributed by atoms with Crippen molar-refractivity contribution in [3.63, 3.8) is 0 Å². The van der Waals surface area contributed by atoms with Crippen molar-refractivity contribution >= 4 is 24.8 Å². The average molecular weight is 221 g/mol. The third kappa shape index (κ3) is 104. The zero-order valence-electron chi connectivity index (χ0n) is 4.82. The largest absolute Gasteiger partial charge is 0.147 e. The molecule has 0 aliphatic rings. The fourth-order valence-corrected chi connectivity index (χ4v) is 0. The van der Waals surface area contributed by atoms with E-state index in [0.29, 0.717) is 3.12 Å². The van der Waals surface area contributed by atoms with Gasteiger partial charge in [0.25, 0.3) is 0 Å². The van der Waals surface area contributed by atoms with Gasteiger partial charge in [-0.3, -0.25) is 0 Å². The van der Waals surface area contributed by atoms with Crippen LogP contribution in [0.4, 0.5) is 0 Å². The van der Waals surface area contributed by atoms with Crippen molar-refractivity contribution < 1.29 is 24.7 Å². The standard InChI is InChI=1S/C4H9.2ClH.Zr/c1-4(2)3;;;/h1-3H3;2*1H;. The second kappa shape index (κ2) is 5.60. The molecule has 0 heterocycles. The van der Waals surface area contributed by atoms with E-state index < -0.39 is 0 Å². The minimum Gasteiger partial charge on any atom is -0.147 e. The normalized spacial score (nSPS) is 8.29. The third-order valence-corrected chi connectivity index (χ3v) is 0. The Morgan fingerprint density at radius 3 is 1.00 bits per heavy atom. The SMILES string of the molecule is C[C](C)(C)[Zr].Cl.Cl. The molecule has 0 N–H and O–H groups in total. The van der Waals surface area contributed by atoms with Crippen molar-refractivity contribution in [2.75, 3.05) is 0 Å². The molecule has 0 atom stereocenters. The summed E-state index contributed by atoms with van der Waals surface area (Å²) in [6.45, 7) is 6.68. The first-order chi connectivity index (χ1) is 2.00. The minimum absolute atomic E-state index is 0. The maximum atomic E-state index is 2.23. The summed E-state index contributed by atoms with van der Waals surface area (Å²) in [5, 5.41) is 0. The summed E-state index contributed by atoms with van der Waals surface area (Å²) in [4.78, 5) is 0. The average Bonchev–Trinajstić information content (AvgIpc) is 0.722. The van der Waals surface area contributed by atoms with Gasteiger partial charge in [0.1, 0.15) is 0 Å². The summed E-state index contributed by atoms with van der Waals surface area (Å²) in [7, 11) is 0. The first-order valence-electron chi connectivity index (χ1n) is 1.75. The molecule has 0 aromatic rings. The smallest absolute Gasteiger partial charge is 0.147 e. The maximum Gasteiger partial charge on any atom is -0.147 e. The Balaban J connectivity index is -0.0000000800. The Hall–Kier alpha value is 1.46. The van der Waals surface area contributed by atoms with Crippen molar-refractivity contribution in [2.45, 2.75) is 23.9 Å². The predicted octanol–water partition coefficient (Wildman–Crippen LogP) is 2.60. The molecule has 0 bridgehead atoms. The second-order valence-corrected chi connectivity index (χ2v) is 5.94. The molecule has 0 amide bonds. The maximum absolute atomic E-state index is 2.23. The van der Waals surface area contributed by atoms with E-state index in [2.05, 4.69) is 20.8 Å². The van der Waals surface area contributed by atoms with Crippen LogP contribution in [-0.4, -0.2) is 0 Å². The van der Waals surface area contributed by atoms with Gasteiger partial charge >= 0.3 is 48.6 Å². The summed E-state index contributed by atoms with van der Waals surface area (Å²) in [6, 6.07) is 0. The van der Waals surface area contributed by atoms with Gasteiger partial charge in [-0.25, -0.2) is 0 Å². The molecule has 0 aromatic heterocycles. The van der Waals surface area contributed by atoms with Crippen molar-refractivity contribution in [1.29, 1.82) is 0 Å². The van der Waals surface area contributed by atoms with Crippen LogP contribution in [0.5, 0.6) is 0 Å². The number of halogens is 2. The van der Waals surface area contributed by atoms with Crippen LogP contribution in [0.15, 0.2) is 0 Å². The van der Waals surface area contributed by atoms with E-state index in [0.717, 1.165) is 0 Å². The molecule has 0 unspecified atom stereocenters. The molecular formula is C4H11Cl2Zr. The Kier molecular flexibility index (Phi) is 12.6. The van der Waals surface area contributed by atoms with Gasteiger partial charge in [-0.15, -0.1) is 24.8 Å². The van der Waals surface area contributed by atoms with Crippen molar-refractivity contribution in [3.05, 3.63) is 0 Å². The zero-order chi connectivity index (χ0) is 4.50. The molecule has 45 valence electrons. The van der Waals surface area contributed by atoms with Gasteiger partial charge in [0, 0.05) is 0 Å². The van der Waals surface area contributed by atoms with E-state index in [9.17, 15) is 0 Å². The Labute approximate surface area is 73.1 Å². The van der Waals surface area contributed by atoms with E-state index in [1.54, 1.807) is 24.7 Å². The Morgan fingerprint density at radius 2 is 1.00 bits per heavy atom. The quantitative estimate of drug-likeness (QED) is 0.590. The fourth-order valence-electron chi connectivity index (χ4n) is 0. The molecule has 0 saturated heterocycles. The first kappa shape index (κ1) is 15.8. The van der Waals surface area contributed by atoms with E-state index in [4.69, 9.17) is 0 Å². The van der Waals surface area contributed by atoms with Crippen LogP contribution < -0.4 is 0 Å². The predicted molar refractivity (Wildman–Crippen MR) is 34.2 cm³/mol. The monoisotopic (exact) mass is 219 g/mol. The molecule has 0 aromatic carbocycles. The van der Waals surface area contributed by atoms with Crippen LogP contribution in [0, 0.1) is 0 Å². The molecule has 0 saturated carbocycles. The fraction of sp³-hybridized carbons (Fsp3) is 1.00. The summed E-state index contributed by atoms with van der Waals surface area (Å²) < 4.78 is 0.590. The number of hydrogen-bond donors (Lipinski definition) is 0. The molecule has 0 aliphatic carbocycles. The van der Waals surface area contributed by atoms with Crippen LogP contribution in [0.3, 0.4) is 0 Å². The van der Waals surface area contributed by atoms with Gasteiger partial charge in [0.2, 0.25) is 0 Å². The molecule has 0 aliphatic heterocycles. The van der Waals surface area contributed by atoms with Crippen LogP contribution in [0.2, 0.25) is 3.12 Å². The van der Waals surface area contributed by atoms with Gasteiger partial charge in [-0.2, -0.15) is 0 Å². The van der Waals surface area contributed by atoms with E-state index >= 15 is 0 Å². The third-order valence-electron chi connectivity index (χ3n) is 0. The van der Waals surface area contributed by atoms with Crippen molar-refractivity contribution in [2.24, 2.45) is 0 Å². The summed E-state index contributed by atoms with van der Waals surface area (Å²) >= 11 is 1.62. The van der Waals surface area contributed by atoms with Gasteiger partial charge < -0.3 is 0 Å². The van der Waals surface area contributed by atoms with Gasteiger partial charge in [0.05, 0.1) is 0 Å². The first-order valence-corrected chi connectivity index (χ1v) is 2.98. The van der Waals surface area contributed by atoms with Crippen molar-refractivity contribution in [3.8, 4) is 0 Å². The van der Waals surface area contributed by atoms with Gasteiger partial charge in [-0.05, 0) is 0 Å². The summed E-state index contributed by atoms with van der Waals surface area (Å²) in [5.41, 5.74) is 0. The number of rotatable bonds is 0. The molecule has 0 fully saturated rings. The molecule has 0 spiro atoms. The topological polar surface area (TPSA) is 0 Å². The van der Waals surface area contributed by atoms with E-state index in [1.165, 1.54) is 0 Å². The summed E-state index contributed by atoms with van der Waals surface area (Å²) in [5.74, 6) is 0. The van der Waals surface area contributed by atoms with Crippen LogP contribution in [0.1, 0.15) is 20.8 Å². The summed E-state index contributed by atoms with van der Waals surface area (Å²) in [6.07, 6.45) is 0. The molecule has 7 heavy (non-hydrogen) atoms. The van der Waals surface area contributed by atoms with Gasteiger partial charge in [0.15, 0.2) is 0 Å². The van der Waals surface area contributed by atoms with E-state index in [1.807, 2.05) is 0 Å². The van der Waals surface area contributed by atoms with Crippen LogP contribution in [0.25, 0.3) is 0 Å². The van der Waals surface area contributed by atoms with Gasteiger partial charge in [-0.1, -0.05) is 0 Å². The molecular weight excluding hydrogens is 210 g/mol. The molecule has 0 radical (unpaired) electrons. The van der Waals surface area contributed by atoms with E-state index in [-0.39, 0.29) is 24.8 Å². The molecule has 0 rings (SSSR count). The zero-order valence-corrected chi connectivity index (χ0v) is 8.91. The molecule has 3 heteroatoms. The van der Waals surface area contributed by atoms with Crippen molar-refractivity contribution in [1.82, 2.24) is 0 Å². The second-order valence-electron chi connectivity index (χ2n) is 2.25. The molecule has 0 nitrogen and oxygen atoms in total. The minimum atomic E-state index is 0. The Morgan fingerprint density at radius 1 is 1.00 bits per heavy atom.